The number of morpholine rings is 1. The SMILES string of the molecule is CN(C)Cc1ccccc1CNC(=O)c1ccc(S(=O)(=O)N2CCOCC2)cc1. The van der Waals surface area contributed by atoms with Crippen LogP contribution < -0.4 is 5.32 Å². The van der Waals surface area contributed by atoms with Gasteiger partial charge in [-0.3, -0.25) is 4.79 Å². The summed E-state index contributed by atoms with van der Waals surface area (Å²) in [6.07, 6.45) is 0. The molecule has 0 radical (unpaired) electrons. The summed E-state index contributed by atoms with van der Waals surface area (Å²) in [5.74, 6) is -0.236. The van der Waals surface area contributed by atoms with E-state index in [4.69, 9.17) is 4.74 Å². The third-order valence-electron chi connectivity index (χ3n) is 4.77. The average molecular weight is 418 g/mol. The maximum Gasteiger partial charge on any atom is 0.251 e. The summed E-state index contributed by atoms with van der Waals surface area (Å²) in [5.41, 5.74) is 2.64. The minimum Gasteiger partial charge on any atom is -0.379 e. The van der Waals surface area contributed by atoms with Crippen molar-refractivity contribution >= 4 is 15.9 Å². The fourth-order valence-corrected chi connectivity index (χ4v) is 4.62. The zero-order chi connectivity index (χ0) is 20.9. The van der Waals surface area contributed by atoms with Crippen LogP contribution in [0.5, 0.6) is 0 Å². The van der Waals surface area contributed by atoms with Gasteiger partial charge in [0.05, 0.1) is 18.1 Å². The monoisotopic (exact) mass is 417 g/mol. The topological polar surface area (TPSA) is 79.0 Å². The molecule has 156 valence electrons. The first-order valence-corrected chi connectivity index (χ1v) is 11.0. The second-order valence-corrected chi connectivity index (χ2v) is 9.17. The number of benzene rings is 2. The van der Waals surface area contributed by atoms with Crippen molar-refractivity contribution in [2.45, 2.75) is 18.0 Å². The van der Waals surface area contributed by atoms with Gasteiger partial charge in [0.15, 0.2) is 0 Å². The van der Waals surface area contributed by atoms with Gasteiger partial charge in [0.25, 0.3) is 5.91 Å². The van der Waals surface area contributed by atoms with E-state index >= 15 is 0 Å². The quantitative estimate of drug-likeness (QED) is 0.742. The van der Waals surface area contributed by atoms with E-state index in [1.807, 2.05) is 38.4 Å². The molecule has 7 nitrogen and oxygen atoms in total. The van der Waals surface area contributed by atoms with E-state index in [0.29, 0.717) is 38.4 Å². The fourth-order valence-electron chi connectivity index (χ4n) is 3.22. The molecule has 2 aromatic rings. The van der Waals surface area contributed by atoms with Gasteiger partial charge in [0.2, 0.25) is 10.0 Å². The van der Waals surface area contributed by atoms with Crippen LogP contribution in [-0.2, 0) is 27.8 Å². The van der Waals surface area contributed by atoms with Crippen molar-refractivity contribution < 1.29 is 17.9 Å². The van der Waals surface area contributed by atoms with Crippen LogP contribution in [0.2, 0.25) is 0 Å². The Kier molecular flexibility index (Phi) is 7.02. The molecule has 1 aliphatic rings. The van der Waals surface area contributed by atoms with E-state index in [-0.39, 0.29) is 10.8 Å². The highest BCUT2D eigenvalue weighted by atomic mass is 32.2. The normalized spacial score (nSPS) is 15.4. The lowest BCUT2D eigenvalue weighted by Crippen LogP contribution is -2.40. The number of ether oxygens (including phenoxy) is 1. The second-order valence-electron chi connectivity index (χ2n) is 7.23. The largest absolute Gasteiger partial charge is 0.379 e. The van der Waals surface area contributed by atoms with Crippen molar-refractivity contribution in [2.75, 3.05) is 40.4 Å². The van der Waals surface area contributed by atoms with Gasteiger partial charge >= 0.3 is 0 Å². The van der Waals surface area contributed by atoms with E-state index in [9.17, 15) is 13.2 Å². The van der Waals surface area contributed by atoms with Crippen LogP contribution in [0, 0.1) is 0 Å². The summed E-state index contributed by atoms with van der Waals surface area (Å²) in [6.45, 7) is 2.69. The number of hydrogen-bond donors (Lipinski definition) is 1. The molecule has 0 spiro atoms. The number of sulfonamides is 1. The Bertz CT molecular complexity index is 937. The lowest BCUT2D eigenvalue weighted by Gasteiger charge is -2.26. The van der Waals surface area contributed by atoms with Gasteiger partial charge in [-0.1, -0.05) is 24.3 Å². The smallest absolute Gasteiger partial charge is 0.251 e. The van der Waals surface area contributed by atoms with Crippen LogP contribution >= 0.6 is 0 Å². The first kappa shape index (κ1) is 21.4. The number of nitrogens with zero attached hydrogens (tertiary/aromatic N) is 2. The Hall–Kier alpha value is -2.26. The molecule has 3 rings (SSSR count). The average Bonchev–Trinajstić information content (AvgIpc) is 2.73. The van der Waals surface area contributed by atoms with Gasteiger partial charge in [-0.15, -0.1) is 0 Å². The van der Waals surface area contributed by atoms with Gasteiger partial charge in [0, 0.05) is 31.7 Å². The van der Waals surface area contributed by atoms with Gasteiger partial charge < -0.3 is 15.0 Å². The molecule has 1 fully saturated rings. The van der Waals surface area contributed by atoms with E-state index in [2.05, 4.69) is 10.2 Å². The van der Waals surface area contributed by atoms with Crippen molar-refractivity contribution in [3.63, 3.8) is 0 Å². The van der Waals surface area contributed by atoms with Gasteiger partial charge in [-0.25, -0.2) is 8.42 Å². The summed E-state index contributed by atoms with van der Waals surface area (Å²) in [7, 11) is 0.444. The molecule has 1 saturated heterocycles. The van der Waals surface area contributed by atoms with Crippen LogP contribution in [0.3, 0.4) is 0 Å². The summed E-state index contributed by atoms with van der Waals surface area (Å²) >= 11 is 0. The Morgan fingerprint density at radius 3 is 2.28 bits per heavy atom. The molecule has 1 N–H and O–H groups in total. The van der Waals surface area contributed by atoms with Gasteiger partial charge in [-0.05, 0) is 49.5 Å². The predicted molar refractivity (Wildman–Crippen MR) is 111 cm³/mol. The molecule has 1 heterocycles. The number of amides is 1. The van der Waals surface area contributed by atoms with Crippen molar-refractivity contribution in [3.8, 4) is 0 Å². The van der Waals surface area contributed by atoms with E-state index in [1.54, 1.807) is 12.1 Å². The van der Waals surface area contributed by atoms with Gasteiger partial charge in [-0.2, -0.15) is 4.31 Å². The van der Waals surface area contributed by atoms with Crippen molar-refractivity contribution in [1.29, 1.82) is 0 Å². The second kappa shape index (κ2) is 9.49. The standard InChI is InChI=1S/C21H27N3O4S/c1-23(2)16-19-6-4-3-5-18(19)15-22-21(25)17-7-9-20(10-8-17)29(26,27)24-11-13-28-14-12-24/h3-10H,11-16H2,1-2H3,(H,22,25). The van der Waals surface area contributed by atoms with Crippen LogP contribution in [0.25, 0.3) is 0 Å². The zero-order valence-corrected chi connectivity index (χ0v) is 17.6. The molecule has 8 heteroatoms. The molecule has 2 aromatic carbocycles. The van der Waals surface area contributed by atoms with Crippen LogP contribution in [0.1, 0.15) is 21.5 Å². The highest BCUT2D eigenvalue weighted by molar-refractivity contribution is 7.89. The number of nitrogens with one attached hydrogen (secondary N) is 1. The Morgan fingerprint density at radius 2 is 1.66 bits per heavy atom. The number of carbonyl (C=O) groups excluding carboxylic acids is 1. The van der Waals surface area contributed by atoms with Crippen molar-refractivity contribution in [3.05, 3.63) is 65.2 Å². The number of rotatable bonds is 7. The lowest BCUT2D eigenvalue weighted by molar-refractivity contribution is 0.0730. The molecule has 0 atom stereocenters. The molecule has 0 unspecified atom stereocenters. The number of hydrogen-bond acceptors (Lipinski definition) is 5. The Balaban J connectivity index is 1.65. The molecular formula is C21H27N3O4S. The predicted octanol–water partition coefficient (Wildman–Crippen LogP) is 1.70. The maximum absolute atomic E-state index is 12.7. The maximum atomic E-state index is 12.7. The highest BCUT2D eigenvalue weighted by Gasteiger charge is 2.26. The molecule has 0 aliphatic carbocycles. The zero-order valence-electron chi connectivity index (χ0n) is 16.8. The summed E-state index contributed by atoms with van der Waals surface area (Å²) in [5, 5.41) is 2.92. The van der Waals surface area contributed by atoms with Crippen molar-refractivity contribution in [2.24, 2.45) is 0 Å². The molecule has 1 aliphatic heterocycles. The molecule has 0 aromatic heterocycles. The van der Waals surface area contributed by atoms with Gasteiger partial charge in [0.1, 0.15) is 0 Å². The van der Waals surface area contributed by atoms with E-state index in [1.165, 1.54) is 16.4 Å². The Morgan fingerprint density at radius 1 is 1.03 bits per heavy atom. The van der Waals surface area contributed by atoms with Crippen LogP contribution in [-0.4, -0.2) is 63.9 Å². The highest BCUT2D eigenvalue weighted by Crippen LogP contribution is 2.18. The van der Waals surface area contributed by atoms with Crippen molar-refractivity contribution in [1.82, 2.24) is 14.5 Å². The lowest BCUT2D eigenvalue weighted by atomic mass is 10.1. The molecule has 0 saturated carbocycles. The number of carbonyl (C=O) groups is 1. The molecule has 1 amide bonds. The third kappa shape index (κ3) is 5.42. The van der Waals surface area contributed by atoms with Crippen LogP contribution in [0.15, 0.2) is 53.4 Å². The Labute approximate surface area is 172 Å². The minimum atomic E-state index is -3.56. The summed E-state index contributed by atoms with van der Waals surface area (Å²) < 4.78 is 32.0. The molecular weight excluding hydrogens is 390 g/mol. The molecule has 29 heavy (non-hydrogen) atoms. The summed E-state index contributed by atoms with van der Waals surface area (Å²) in [4.78, 5) is 14.8. The molecule has 0 bridgehead atoms. The van der Waals surface area contributed by atoms with E-state index in [0.717, 1.165) is 17.7 Å². The first-order chi connectivity index (χ1) is 13.9. The fraction of sp³-hybridized carbons (Fsp3) is 0.381. The minimum absolute atomic E-state index is 0.187. The third-order valence-corrected chi connectivity index (χ3v) is 6.68. The van der Waals surface area contributed by atoms with Crippen LogP contribution in [0.4, 0.5) is 0 Å². The van der Waals surface area contributed by atoms with E-state index < -0.39 is 10.0 Å². The summed E-state index contributed by atoms with van der Waals surface area (Å²) in [6, 6.07) is 14.1. The first-order valence-electron chi connectivity index (χ1n) is 9.55.